The van der Waals surface area contributed by atoms with Crippen molar-refractivity contribution in [3.8, 4) is 0 Å². The molecular weight excluding hydrogens is 224 g/mol. The second kappa shape index (κ2) is 4.47. The Morgan fingerprint density at radius 3 is 2.59 bits per heavy atom. The first-order chi connectivity index (χ1) is 8.02. The molecule has 1 fully saturated rings. The highest BCUT2D eigenvalue weighted by Gasteiger charge is 2.29. The molecule has 0 amide bonds. The van der Waals surface area contributed by atoms with E-state index in [2.05, 4.69) is 17.2 Å². The third-order valence-electron chi connectivity index (χ3n) is 3.20. The summed E-state index contributed by atoms with van der Waals surface area (Å²) in [5.41, 5.74) is 0. The van der Waals surface area contributed by atoms with Gasteiger partial charge in [-0.05, 0) is 19.3 Å². The molecule has 94 valence electrons. The summed E-state index contributed by atoms with van der Waals surface area (Å²) in [7, 11) is 1.57. The summed E-state index contributed by atoms with van der Waals surface area (Å²) in [4.78, 5) is 5.93. The van der Waals surface area contributed by atoms with Gasteiger partial charge in [-0.1, -0.05) is 6.92 Å². The van der Waals surface area contributed by atoms with Gasteiger partial charge in [0.25, 0.3) is 0 Å². The molecule has 1 aliphatic heterocycles. The van der Waals surface area contributed by atoms with Gasteiger partial charge in [-0.25, -0.2) is 13.8 Å². The summed E-state index contributed by atoms with van der Waals surface area (Å²) in [6, 6.07) is 1.13. The van der Waals surface area contributed by atoms with Crippen LogP contribution in [0.1, 0.15) is 20.3 Å². The Balaban J connectivity index is 2.38. The number of nitrogens with zero attached hydrogens (tertiary/aromatic N) is 2. The molecule has 1 N–H and O–H groups in total. The predicted molar refractivity (Wildman–Crippen MR) is 64.3 cm³/mol. The molecule has 0 radical (unpaired) electrons. The van der Waals surface area contributed by atoms with Crippen molar-refractivity contribution in [1.82, 2.24) is 4.98 Å². The van der Waals surface area contributed by atoms with Crippen LogP contribution in [0, 0.1) is 17.6 Å². The van der Waals surface area contributed by atoms with Crippen LogP contribution in [0.5, 0.6) is 0 Å². The number of hydrogen-bond acceptors (Lipinski definition) is 3. The van der Waals surface area contributed by atoms with Gasteiger partial charge in [-0.3, -0.25) is 0 Å². The topological polar surface area (TPSA) is 28.2 Å². The lowest BCUT2D eigenvalue weighted by molar-refractivity contribution is 0.568. The standard InChI is InChI=1S/C12H17F2N3/c1-7-4-8(2)17(6-7)12-10(14)5-9(13)11(15-3)16-12/h5,7-8H,4,6H2,1-3H3,(H,15,16). The molecule has 2 atom stereocenters. The van der Waals surface area contributed by atoms with Gasteiger partial charge in [0, 0.05) is 25.7 Å². The fraction of sp³-hybridized carbons (Fsp3) is 0.583. The van der Waals surface area contributed by atoms with Crippen LogP contribution in [-0.2, 0) is 0 Å². The van der Waals surface area contributed by atoms with E-state index in [9.17, 15) is 8.78 Å². The minimum Gasteiger partial charge on any atom is -0.371 e. The maximum Gasteiger partial charge on any atom is 0.168 e. The van der Waals surface area contributed by atoms with Gasteiger partial charge < -0.3 is 10.2 Å². The van der Waals surface area contributed by atoms with Crippen molar-refractivity contribution < 1.29 is 8.78 Å². The zero-order valence-corrected chi connectivity index (χ0v) is 10.3. The van der Waals surface area contributed by atoms with Crippen molar-refractivity contribution in [2.75, 3.05) is 23.8 Å². The maximum absolute atomic E-state index is 13.7. The van der Waals surface area contributed by atoms with E-state index < -0.39 is 11.6 Å². The number of aromatic nitrogens is 1. The molecule has 1 aliphatic rings. The molecule has 0 saturated carbocycles. The Bertz CT molecular complexity index is 422. The molecule has 0 spiro atoms. The molecule has 0 aromatic carbocycles. The van der Waals surface area contributed by atoms with Crippen molar-refractivity contribution in [2.45, 2.75) is 26.3 Å². The highest BCUT2D eigenvalue weighted by atomic mass is 19.1. The molecule has 2 unspecified atom stereocenters. The Morgan fingerprint density at radius 1 is 1.35 bits per heavy atom. The SMILES string of the molecule is CNc1nc(N2CC(C)CC2C)c(F)cc1F. The molecule has 0 aliphatic carbocycles. The summed E-state index contributed by atoms with van der Waals surface area (Å²) < 4.78 is 27.1. The van der Waals surface area contributed by atoms with Crippen LogP contribution in [0.4, 0.5) is 20.4 Å². The lowest BCUT2D eigenvalue weighted by Crippen LogP contribution is -2.29. The first kappa shape index (κ1) is 12.1. The van der Waals surface area contributed by atoms with Gasteiger partial charge in [0.05, 0.1) is 0 Å². The first-order valence-electron chi connectivity index (χ1n) is 5.83. The molecule has 1 aromatic heterocycles. The van der Waals surface area contributed by atoms with Crippen LogP contribution in [0.2, 0.25) is 0 Å². The second-order valence-corrected chi connectivity index (χ2v) is 4.72. The molecule has 2 heterocycles. The number of nitrogens with one attached hydrogen (secondary N) is 1. The van der Waals surface area contributed by atoms with Gasteiger partial charge in [0.15, 0.2) is 23.3 Å². The van der Waals surface area contributed by atoms with Crippen molar-refractivity contribution in [3.63, 3.8) is 0 Å². The summed E-state index contributed by atoms with van der Waals surface area (Å²) >= 11 is 0. The van der Waals surface area contributed by atoms with Gasteiger partial charge in [0.1, 0.15) is 0 Å². The third-order valence-corrected chi connectivity index (χ3v) is 3.20. The van der Waals surface area contributed by atoms with Crippen LogP contribution in [0.15, 0.2) is 6.07 Å². The average molecular weight is 241 g/mol. The van der Waals surface area contributed by atoms with E-state index in [1.807, 2.05) is 11.8 Å². The first-order valence-corrected chi connectivity index (χ1v) is 5.83. The molecule has 2 rings (SSSR count). The van der Waals surface area contributed by atoms with Gasteiger partial charge in [-0.15, -0.1) is 0 Å². The summed E-state index contributed by atoms with van der Waals surface area (Å²) in [6.45, 7) is 4.92. The average Bonchev–Trinajstić information content (AvgIpc) is 2.58. The lowest BCUT2D eigenvalue weighted by Gasteiger charge is -2.23. The molecule has 1 saturated heterocycles. The van der Waals surface area contributed by atoms with Crippen LogP contribution in [-0.4, -0.2) is 24.6 Å². The quantitative estimate of drug-likeness (QED) is 0.862. The van der Waals surface area contributed by atoms with Gasteiger partial charge in [0.2, 0.25) is 0 Å². The Kier molecular flexibility index (Phi) is 3.17. The number of anilines is 2. The van der Waals surface area contributed by atoms with Crippen molar-refractivity contribution in [2.24, 2.45) is 5.92 Å². The summed E-state index contributed by atoms with van der Waals surface area (Å²) in [6.07, 6.45) is 1.01. The molecule has 0 bridgehead atoms. The molecule has 3 nitrogen and oxygen atoms in total. The number of pyridine rings is 1. The van der Waals surface area contributed by atoms with Crippen LogP contribution >= 0.6 is 0 Å². The van der Waals surface area contributed by atoms with Gasteiger partial charge in [-0.2, -0.15) is 0 Å². The predicted octanol–water partition coefficient (Wildman–Crippen LogP) is 2.64. The zero-order valence-electron chi connectivity index (χ0n) is 10.3. The van der Waals surface area contributed by atoms with Crippen LogP contribution < -0.4 is 10.2 Å². The van der Waals surface area contributed by atoms with E-state index in [1.165, 1.54) is 0 Å². The Hall–Kier alpha value is -1.39. The smallest absolute Gasteiger partial charge is 0.168 e. The largest absolute Gasteiger partial charge is 0.371 e. The zero-order chi connectivity index (χ0) is 12.6. The van der Waals surface area contributed by atoms with Crippen molar-refractivity contribution in [1.29, 1.82) is 0 Å². The molecular formula is C12H17F2N3. The fourth-order valence-electron chi connectivity index (χ4n) is 2.43. The third kappa shape index (κ3) is 2.18. The molecule has 1 aromatic rings. The monoisotopic (exact) mass is 241 g/mol. The van der Waals surface area contributed by atoms with Crippen molar-refractivity contribution in [3.05, 3.63) is 17.7 Å². The van der Waals surface area contributed by atoms with Crippen LogP contribution in [0.3, 0.4) is 0 Å². The van der Waals surface area contributed by atoms with Gasteiger partial charge >= 0.3 is 0 Å². The van der Waals surface area contributed by atoms with E-state index in [4.69, 9.17) is 0 Å². The number of halogens is 2. The van der Waals surface area contributed by atoms with E-state index in [0.717, 1.165) is 19.0 Å². The van der Waals surface area contributed by atoms with E-state index in [1.54, 1.807) is 7.05 Å². The minimum atomic E-state index is -0.659. The highest BCUT2D eigenvalue weighted by molar-refractivity contribution is 5.50. The second-order valence-electron chi connectivity index (χ2n) is 4.72. The maximum atomic E-state index is 13.7. The minimum absolute atomic E-state index is 0.0909. The van der Waals surface area contributed by atoms with Crippen LogP contribution in [0.25, 0.3) is 0 Å². The molecule has 17 heavy (non-hydrogen) atoms. The van der Waals surface area contributed by atoms with E-state index in [0.29, 0.717) is 5.92 Å². The number of hydrogen-bond donors (Lipinski definition) is 1. The normalized spacial score (nSPS) is 24.2. The lowest BCUT2D eigenvalue weighted by atomic mass is 10.1. The molecule has 5 heteroatoms. The Labute approximate surface area is 99.8 Å². The highest BCUT2D eigenvalue weighted by Crippen LogP contribution is 2.30. The van der Waals surface area contributed by atoms with E-state index >= 15 is 0 Å². The number of rotatable bonds is 2. The summed E-state index contributed by atoms with van der Waals surface area (Å²) in [5.74, 6) is -0.411. The summed E-state index contributed by atoms with van der Waals surface area (Å²) in [5, 5.41) is 2.63. The van der Waals surface area contributed by atoms with Crippen molar-refractivity contribution >= 4 is 11.6 Å². The fourth-order valence-corrected chi connectivity index (χ4v) is 2.43. The Morgan fingerprint density at radius 2 is 2.06 bits per heavy atom. The van der Waals surface area contributed by atoms with E-state index in [-0.39, 0.29) is 17.7 Å².